The fourth-order valence-electron chi connectivity index (χ4n) is 1.46. The van der Waals surface area contributed by atoms with Crippen LogP contribution in [0, 0.1) is 0 Å². The van der Waals surface area contributed by atoms with Crippen LogP contribution in [0.2, 0.25) is 0 Å². The van der Waals surface area contributed by atoms with Gasteiger partial charge >= 0.3 is 0 Å². The second-order valence-corrected chi connectivity index (χ2v) is 2.84. The van der Waals surface area contributed by atoms with Crippen molar-refractivity contribution in [3.63, 3.8) is 0 Å². The molecule has 2 aliphatic rings. The molecular formula is C6H10O5. The van der Waals surface area contributed by atoms with E-state index in [0.717, 1.165) is 0 Å². The van der Waals surface area contributed by atoms with E-state index in [1.54, 1.807) is 0 Å². The van der Waals surface area contributed by atoms with E-state index in [-0.39, 0.29) is 6.61 Å². The molecule has 2 fully saturated rings. The van der Waals surface area contributed by atoms with Crippen molar-refractivity contribution in [3.8, 4) is 0 Å². The third-order valence-corrected chi connectivity index (χ3v) is 2.11. The number of aliphatic hydroxyl groups is 3. The Labute approximate surface area is 63.2 Å². The highest BCUT2D eigenvalue weighted by molar-refractivity contribution is 4.94. The van der Waals surface area contributed by atoms with Gasteiger partial charge in [0.25, 0.3) is 0 Å². The molecule has 64 valence electrons. The zero-order valence-electron chi connectivity index (χ0n) is 5.75. The van der Waals surface area contributed by atoms with E-state index < -0.39 is 30.7 Å². The van der Waals surface area contributed by atoms with Gasteiger partial charge in [0.15, 0.2) is 6.29 Å². The van der Waals surface area contributed by atoms with Crippen LogP contribution in [0.25, 0.3) is 0 Å². The monoisotopic (exact) mass is 162 g/mol. The highest BCUT2D eigenvalue weighted by Gasteiger charge is 2.49. The van der Waals surface area contributed by atoms with Crippen LogP contribution in [-0.4, -0.2) is 52.6 Å². The summed E-state index contributed by atoms with van der Waals surface area (Å²) in [6.45, 7) is 0.236. The summed E-state index contributed by atoms with van der Waals surface area (Å²) in [6, 6.07) is 0. The summed E-state index contributed by atoms with van der Waals surface area (Å²) in [7, 11) is 0. The summed E-state index contributed by atoms with van der Waals surface area (Å²) in [6.07, 6.45) is -4.35. The third kappa shape index (κ3) is 0.969. The van der Waals surface area contributed by atoms with E-state index in [4.69, 9.17) is 14.6 Å². The van der Waals surface area contributed by atoms with Gasteiger partial charge in [-0.15, -0.1) is 0 Å². The number of hydrogen-bond acceptors (Lipinski definition) is 5. The van der Waals surface area contributed by atoms with Crippen LogP contribution in [0.4, 0.5) is 0 Å². The van der Waals surface area contributed by atoms with Crippen LogP contribution in [0.1, 0.15) is 0 Å². The predicted octanol–water partition coefficient (Wildman–Crippen LogP) is -2.18. The second-order valence-electron chi connectivity index (χ2n) is 2.84. The Morgan fingerprint density at radius 2 is 1.82 bits per heavy atom. The summed E-state index contributed by atoms with van der Waals surface area (Å²) in [5.41, 5.74) is 0. The molecule has 2 bridgehead atoms. The lowest BCUT2D eigenvalue weighted by Gasteiger charge is -2.31. The minimum Gasteiger partial charge on any atom is -0.387 e. The van der Waals surface area contributed by atoms with Crippen molar-refractivity contribution < 1.29 is 24.8 Å². The first-order chi connectivity index (χ1) is 5.20. The van der Waals surface area contributed by atoms with E-state index >= 15 is 0 Å². The molecule has 2 rings (SSSR count). The first kappa shape index (κ1) is 7.45. The fraction of sp³-hybridized carbons (Fsp3) is 1.00. The Hall–Kier alpha value is -0.200. The number of ether oxygens (including phenoxy) is 2. The average Bonchev–Trinajstić information content (AvgIpc) is 2.23. The topological polar surface area (TPSA) is 79.2 Å². The first-order valence-electron chi connectivity index (χ1n) is 3.51. The number of rotatable bonds is 0. The molecule has 5 nitrogen and oxygen atoms in total. The Morgan fingerprint density at radius 3 is 2.55 bits per heavy atom. The predicted molar refractivity (Wildman–Crippen MR) is 32.6 cm³/mol. The van der Waals surface area contributed by atoms with Crippen LogP contribution < -0.4 is 0 Å². The molecule has 0 amide bonds. The number of aliphatic hydroxyl groups excluding tert-OH is 3. The second kappa shape index (κ2) is 2.40. The summed E-state index contributed by atoms with van der Waals surface area (Å²) in [4.78, 5) is 0. The van der Waals surface area contributed by atoms with Gasteiger partial charge in [-0.2, -0.15) is 0 Å². The summed E-state index contributed by atoms with van der Waals surface area (Å²) >= 11 is 0. The molecule has 0 saturated carbocycles. The SMILES string of the molecule is O[C@@H]1[C@@H]2OC[C@H](O[C@@H]1O)[C@H]2O. The van der Waals surface area contributed by atoms with Crippen molar-refractivity contribution in [2.24, 2.45) is 0 Å². The molecular weight excluding hydrogens is 152 g/mol. The van der Waals surface area contributed by atoms with E-state index in [9.17, 15) is 10.2 Å². The first-order valence-corrected chi connectivity index (χ1v) is 3.51. The number of fused-ring (bicyclic) bond motifs is 2. The van der Waals surface area contributed by atoms with Crippen LogP contribution in [0.3, 0.4) is 0 Å². The molecule has 5 atom stereocenters. The maximum Gasteiger partial charge on any atom is 0.184 e. The molecule has 0 aromatic rings. The van der Waals surface area contributed by atoms with Crippen molar-refractivity contribution in [1.29, 1.82) is 0 Å². The highest BCUT2D eigenvalue weighted by atomic mass is 16.7. The molecule has 3 N–H and O–H groups in total. The summed E-state index contributed by atoms with van der Waals surface area (Å²) in [5, 5.41) is 27.5. The van der Waals surface area contributed by atoms with Gasteiger partial charge in [0.05, 0.1) is 6.61 Å². The molecule has 5 heteroatoms. The number of hydrogen-bond donors (Lipinski definition) is 3. The van der Waals surface area contributed by atoms with Gasteiger partial charge in [0, 0.05) is 0 Å². The molecule has 0 aromatic carbocycles. The minimum atomic E-state index is -1.23. The van der Waals surface area contributed by atoms with Gasteiger partial charge in [0.1, 0.15) is 24.4 Å². The fourth-order valence-corrected chi connectivity index (χ4v) is 1.46. The van der Waals surface area contributed by atoms with E-state index in [0.29, 0.717) is 0 Å². The molecule has 2 saturated heterocycles. The lowest BCUT2D eigenvalue weighted by molar-refractivity contribution is -0.242. The van der Waals surface area contributed by atoms with Gasteiger partial charge in [-0.1, -0.05) is 0 Å². The van der Waals surface area contributed by atoms with Crippen LogP contribution in [0.5, 0.6) is 0 Å². The zero-order chi connectivity index (χ0) is 8.01. The average molecular weight is 162 g/mol. The van der Waals surface area contributed by atoms with Crippen molar-refractivity contribution in [3.05, 3.63) is 0 Å². The Kier molecular flexibility index (Phi) is 1.62. The Balaban J connectivity index is 2.16. The van der Waals surface area contributed by atoms with Crippen molar-refractivity contribution in [1.82, 2.24) is 0 Å². The smallest absolute Gasteiger partial charge is 0.184 e. The van der Waals surface area contributed by atoms with Crippen LogP contribution in [0.15, 0.2) is 0 Å². The molecule has 0 aromatic heterocycles. The zero-order valence-corrected chi connectivity index (χ0v) is 5.75. The van der Waals surface area contributed by atoms with E-state index in [1.807, 2.05) is 0 Å². The minimum absolute atomic E-state index is 0.236. The normalized spacial score (nSPS) is 56.5. The molecule has 0 unspecified atom stereocenters. The summed E-state index contributed by atoms with van der Waals surface area (Å²) < 4.78 is 9.82. The quantitative estimate of drug-likeness (QED) is 0.377. The Bertz CT molecular complexity index is 161. The van der Waals surface area contributed by atoms with E-state index in [2.05, 4.69) is 0 Å². The molecule has 11 heavy (non-hydrogen) atoms. The highest BCUT2D eigenvalue weighted by Crippen LogP contribution is 2.28. The van der Waals surface area contributed by atoms with Crippen LogP contribution >= 0.6 is 0 Å². The lowest BCUT2D eigenvalue weighted by atomic mass is 10.0. The van der Waals surface area contributed by atoms with Crippen LogP contribution in [-0.2, 0) is 9.47 Å². The summed E-state index contributed by atoms with van der Waals surface area (Å²) in [5.74, 6) is 0. The standard InChI is InChI=1S/C6H10O5/c7-3-2-1-10-5(3)4(8)6(9)11-2/h2-9H,1H2/t2-,3+,4+,5+,6-/m0/s1. The van der Waals surface area contributed by atoms with Gasteiger partial charge in [0.2, 0.25) is 0 Å². The van der Waals surface area contributed by atoms with E-state index in [1.165, 1.54) is 0 Å². The van der Waals surface area contributed by atoms with Gasteiger partial charge in [-0.25, -0.2) is 0 Å². The van der Waals surface area contributed by atoms with Gasteiger partial charge in [-0.05, 0) is 0 Å². The van der Waals surface area contributed by atoms with Crippen molar-refractivity contribution in [2.45, 2.75) is 30.7 Å². The molecule has 0 aliphatic carbocycles. The largest absolute Gasteiger partial charge is 0.387 e. The van der Waals surface area contributed by atoms with Crippen molar-refractivity contribution in [2.75, 3.05) is 6.61 Å². The Morgan fingerprint density at radius 1 is 1.09 bits per heavy atom. The maximum absolute atomic E-state index is 9.28. The molecule has 0 radical (unpaired) electrons. The third-order valence-electron chi connectivity index (χ3n) is 2.11. The van der Waals surface area contributed by atoms with Gasteiger partial charge in [-0.3, -0.25) is 0 Å². The molecule has 2 aliphatic heterocycles. The van der Waals surface area contributed by atoms with Crippen molar-refractivity contribution >= 4 is 0 Å². The lowest BCUT2D eigenvalue weighted by Crippen LogP contribution is -2.52. The molecule has 2 heterocycles. The molecule has 0 spiro atoms. The van der Waals surface area contributed by atoms with Gasteiger partial charge < -0.3 is 24.8 Å². The maximum atomic E-state index is 9.28.